The first kappa shape index (κ1) is 16.6. The SMILES string of the molecule is OC[C@H]1CC(O)[C@@H](O)CN1CCc1c(F)ccc(Cl)c1F. The second-order valence-corrected chi connectivity index (χ2v) is 5.68. The van der Waals surface area contributed by atoms with Crippen LogP contribution in [0, 0.1) is 11.6 Å². The fourth-order valence-electron chi connectivity index (χ4n) is 2.61. The van der Waals surface area contributed by atoms with Crippen LogP contribution in [-0.2, 0) is 6.42 Å². The maximum Gasteiger partial charge on any atom is 0.147 e. The Labute approximate surface area is 126 Å². The van der Waals surface area contributed by atoms with E-state index in [1.54, 1.807) is 4.90 Å². The number of hydrogen-bond donors (Lipinski definition) is 3. The molecule has 1 aliphatic heterocycles. The Balaban J connectivity index is 2.07. The molecule has 1 fully saturated rings. The number of rotatable bonds is 4. The predicted molar refractivity (Wildman–Crippen MR) is 74.1 cm³/mol. The van der Waals surface area contributed by atoms with Crippen molar-refractivity contribution in [1.82, 2.24) is 4.90 Å². The Hall–Kier alpha value is -0.790. The highest BCUT2D eigenvalue weighted by Crippen LogP contribution is 2.23. The molecular formula is C14H18ClF2NO3. The summed E-state index contributed by atoms with van der Waals surface area (Å²) in [6.07, 6.45) is -1.53. The van der Waals surface area contributed by atoms with E-state index in [1.807, 2.05) is 0 Å². The van der Waals surface area contributed by atoms with Gasteiger partial charge in [0.25, 0.3) is 0 Å². The van der Waals surface area contributed by atoms with Crippen molar-refractivity contribution >= 4 is 11.6 Å². The summed E-state index contributed by atoms with van der Waals surface area (Å²) in [4.78, 5) is 1.72. The molecule has 0 aliphatic carbocycles. The van der Waals surface area contributed by atoms with E-state index in [-0.39, 0.29) is 49.2 Å². The molecule has 7 heteroatoms. The second kappa shape index (κ2) is 6.98. The molecule has 0 saturated carbocycles. The fraction of sp³-hybridized carbons (Fsp3) is 0.571. The molecule has 1 aliphatic rings. The molecule has 0 spiro atoms. The average Bonchev–Trinajstić information content (AvgIpc) is 2.46. The number of likely N-dealkylation sites (tertiary alicyclic amines) is 1. The smallest absolute Gasteiger partial charge is 0.147 e. The van der Waals surface area contributed by atoms with Gasteiger partial charge in [0.15, 0.2) is 0 Å². The van der Waals surface area contributed by atoms with Crippen LogP contribution in [0.4, 0.5) is 8.78 Å². The third-order valence-corrected chi connectivity index (χ3v) is 4.19. The molecule has 2 rings (SSSR count). The van der Waals surface area contributed by atoms with Gasteiger partial charge in [-0.2, -0.15) is 0 Å². The summed E-state index contributed by atoms with van der Waals surface area (Å²) in [6.45, 7) is 0.212. The fourth-order valence-corrected chi connectivity index (χ4v) is 2.79. The summed E-state index contributed by atoms with van der Waals surface area (Å²) in [6, 6.07) is 1.93. The monoisotopic (exact) mass is 321 g/mol. The van der Waals surface area contributed by atoms with Crippen molar-refractivity contribution in [1.29, 1.82) is 0 Å². The van der Waals surface area contributed by atoms with Gasteiger partial charge < -0.3 is 15.3 Å². The number of aliphatic hydroxyl groups is 3. The summed E-state index contributed by atoms with van der Waals surface area (Å²) in [7, 11) is 0. The molecule has 3 N–H and O–H groups in total. The van der Waals surface area contributed by atoms with Gasteiger partial charge in [-0.3, -0.25) is 4.90 Å². The molecule has 118 valence electrons. The normalized spacial score (nSPS) is 27.0. The second-order valence-electron chi connectivity index (χ2n) is 5.27. The summed E-state index contributed by atoms with van der Waals surface area (Å²) < 4.78 is 27.5. The quantitative estimate of drug-likeness (QED) is 0.723. The van der Waals surface area contributed by atoms with Gasteiger partial charge >= 0.3 is 0 Å². The van der Waals surface area contributed by atoms with Crippen LogP contribution in [0.5, 0.6) is 0 Å². The van der Waals surface area contributed by atoms with Crippen molar-refractivity contribution in [2.75, 3.05) is 19.7 Å². The number of piperidine rings is 1. The topological polar surface area (TPSA) is 63.9 Å². The first-order valence-corrected chi connectivity index (χ1v) is 7.15. The summed E-state index contributed by atoms with van der Waals surface area (Å²) in [5.74, 6) is -1.45. The largest absolute Gasteiger partial charge is 0.395 e. The number of β-amino-alcohol motifs (C(OH)–C–C–N with tert-alkyl or cyclic N) is 1. The molecule has 1 heterocycles. The highest BCUT2D eigenvalue weighted by molar-refractivity contribution is 6.30. The number of nitrogens with zero attached hydrogens (tertiary/aromatic N) is 1. The van der Waals surface area contributed by atoms with Crippen LogP contribution < -0.4 is 0 Å². The Morgan fingerprint density at radius 1 is 1.24 bits per heavy atom. The van der Waals surface area contributed by atoms with Gasteiger partial charge in [0.1, 0.15) is 11.6 Å². The highest BCUT2D eigenvalue weighted by Gasteiger charge is 2.33. The molecule has 1 unspecified atom stereocenters. The van der Waals surface area contributed by atoms with Gasteiger partial charge in [-0.1, -0.05) is 11.6 Å². The molecule has 1 aromatic carbocycles. The molecule has 3 atom stereocenters. The van der Waals surface area contributed by atoms with Gasteiger partial charge in [-0.15, -0.1) is 0 Å². The number of hydrogen-bond acceptors (Lipinski definition) is 4. The van der Waals surface area contributed by atoms with Gasteiger partial charge in [-0.05, 0) is 25.0 Å². The van der Waals surface area contributed by atoms with Crippen LogP contribution in [0.2, 0.25) is 5.02 Å². The molecule has 21 heavy (non-hydrogen) atoms. The van der Waals surface area contributed by atoms with Gasteiger partial charge in [0.2, 0.25) is 0 Å². The van der Waals surface area contributed by atoms with E-state index in [4.69, 9.17) is 11.6 Å². The third kappa shape index (κ3) is 3.70. The zero-order valence-corrected chi connectivity index (χ0v) is 12.1. The maximum absolute atomic E-state index is 13.8. The maximum atomic E-state index is 13.8. The van der Waals surface area contributed by atoms with Crippen molar-refractivity contribution in [3.8, 4) is 0 Å². The lowest BCUT2D eigenvalue weighted by Crippen LogP contribution is -2.54. The van der Waals surface area contributed by atoms with Crippen molar-refractivity contribution in [3.05, 3.63) is 34.4 Å². The standard InChI is InChI=1S/C14H18ClF2NO3/c15-10-1-2-11(16)9(14(10)17)3-4-18-6-13(21)12(20)5-8(18)7-19/h1-2,8,12-13,19-21H,3-7H2/t8-,12?,13+/m1/s1. The minimum absolute atomic E-state index is 0.0670. The van der Waals surface area contributed by atoms with Crippen LogP contribution in [0.25, 0.3) is 0 Å². The minimum Gasteiger partial charge on any atom is -0.395 e. The van der Waals surface area contributed by atoms with Crippen LogP contribution in [-0.4, -0.2) is 58.2 Å². The number of aliphatic hydroxyl groups excluding tert-OH is 3. The minimum atomic E-state index is -0.929. The van der Waals surface area contributed by atoms with Crippen LogP contribution >= 0.6 is 11.6 Å². The molecule has 0 radical (unpaired) electrons. The van der Waals surface area contributed by atoms with Gasteiger partial charge in [0, 0.05) is 24.7 Å². The summed E-state index contributed by atoms with van der Waals surface area (Å²) in [5, 5.41) is 28.4. The van der Waals surface area contributed by atoms with Crippen molar-refractivity contribution in [3.63, 3.8) is 0 Å². The summed E-state index contributed by atoms with van der Waals surface area (Å²) in [5.41, 5.74) is -0.111. The zero-order valence-electron chi connectivity index (χ0n) is 11.3. The van der Waals surface area contributed by atoms with E-state index in [9.17, 15) is 24.1 Å². The molecule has 0 aromatic heterocycles. The van der Waals surface area contributed by atoms with Gasteiger partial charge in [0.05, 0.1) is 23.8 Å². The van der Waals surface area contributed by atoms with Crippen LogP contribution in [0.3, 0.4) is 0 Å². The molecule has 0 bridgehead atoms. The lowest BCUT2D eigenvalue weighted by Gasteiger charge is -2.39. The number of halogens is 3. The van der Waals surface area contributed by atoms with E-state index in [1.165, 1.54) is 0 Å². The zero-order chi connectivity index (χ0) is 15.6. The Morgan fingerprint density at radius 2 is 1.95 bits per heavy atom. The summed E-state index contributed by atoms with van der Waals surface area (Å²) >= 11 is 5.64. The molecule has 1 saturated heterocycles. The predicted octanol–water partition coefficient (Wildman–Crippen LogP) is 0.949. The Morgan fingerprint density at radius 3 is 2.62 bits per heavy atom. The average molecular weight is 322 g/mol. The van der Waals surface area contributed by atoms with Crippen LogP contribution in [0.15, 0.2) is 12.1 Å². The highest BCUT2D eigenvalue weighted by atomic mass is 35.5. The molecule has 4 nitrogen and oxygen atoms in total. The molecular weight excluding hydrogens is 304 g/mol. The van der Waals surface area contributed by atoms with E-state index in [2.05, 4.69) is 0 Å². The lowest BCUT2D eigenvalue weighted by molar-refractivity contribution is -0.0704. The first-order valence-electron chi connectivity index (χ1n) is 6.77. The Bertz CT molecular complexity index is 503. The third-order valence-electron chi connectivity index (χ3n) is 3.89. The van der Waals surface area contributed by atoms with E-state index in [0.29, 0.717) is 0 Å². The van der Waals surface area contributed by atoms with Crippen LogP contribution in [0.1, 0.15) is 12.0 Å². The molecule has 1 aromatic rings. The first-order chi connectivity index (χ1) is 9.93. The van der Waals surface area contributed by atoms with Crippen molar-refractivity contribution in [2.24, 2.45) is 0 Å². The van der Waals surface area contributed by atoms with Crippen molar-refractivity contribution < 1.29 is 24.1 Å². The van der Waals surface area contributed by atoms with Crippen molar-refractivity contribution in [2.45, 2.75) is 31.1 Å². The molecule has 0 amide bonds. The van der Waals surface area contributed by atoms with E-state index < -0.39 is 23.8 Å². The number of benzene rings is 1. The van der Waals surface area contributed by atoms with Gasteiger partial charge in [-0.25, -0.2) is 8.78 Å². The van der Waals surface area contributed by atoms with E-state index in [0.717, 1.165) is 12.1 Å². The van der Waals surface area contributed by atoms with E-state index >= 15 is 0 Å². The lowest BCUT2D eigenvalue weighted by atomic mass is 9.97. The Kier molecular flexibility index (Phi) is 5.51.